The first-order chi connectivity index (χ1) is 11.6. The van der Waals surface area contributed by atoms with Crippen LogP contribution in [-0.4, -0.2) is 22.7 Å². The molecule has 3 aromatic rings. The van der Waals surface area contributed by atoms with E-state index < -0.39 is 5.97 Å². The van der Waals surface area contributed by atoms with E-state index >= 15 is 0 Å². The summed E-state index contributed by atoms with van der Waals surface area (Å²) in [6, 6.07) is 14.4. The number of hydrogen-bond donors (Lipinski definition) is 2. The van der Waals surface area contributed by atoms with Crippen LogP contribution in [0.25, 0.3) is 10.9 Å². The summed E-state index contributed by atoms with van der Waals surface area (Å²) >= 11 is 0. The van der Waals surface area contributed by atoms with Crippen LogP contribution in [0.4, 0.5) is 11.4 Å². The predicted molar refractivity (Wildman–Crippen MR) is 94.3 cm³/mol. The van der Waals surface area contributed by atoms with E-state index in [1.807, 2.05) is 38.1 Å². The molecular weight excluding hydrogens is 304 g/mol. The maximum atomic E-state index is 10.9. The summed E-state index contributed by atoms with van der Waals surface area (Å²) in [6.45, 7) is 4.49. The first-order valence-electron chi connectivity index (χ1n) is 7.71. The van der Waals surface area contributed by atoms with Gasteiger partial charge in [0, 0.05) is 22.5 Å². The van der Waals surface area contributed by atoms with E-state index in [1.54, 1.807) is 24.3 Å². The summed E-state index contributed by atoms with van der Waals surface area (Å²) in [5.74, 6) is -0.145. The number of benzene rings is 2. The van der Waals surface area contributed by atoms with Crippen molar-refractivity contribution in [3.05, 3.63) is 59.8 Å². The maximum absolute atomic E-state index is 10.9. The molecule has 0 amide bonds. The van der Waals surface area contributed by atoms with Crippen LogP contribution in [0, 0.1) is 6.92 Å². The van der Waals surface area contributed by atoms with E-state index in [4.69, 9.17) is 9.84 Å². The highest BCUT2D eigenvalue weighted by Crippen LogP contribution is 2.29. The van der Waals surface area contributed by atoms with Crippen LogP contribution in [0.1, 0.15) is 23.0 Å². The monoisotopic (exact) mass is 322 g/mol. The van der Waals surface area contributed by atoms with Crippen LogP contribution >= 0.6 is 0 Å². The van der Waals surface area contributed by atoms with Crippen molar-refractivity contribution in [2.45, 2.75) is 13.8 Å². The highest BCUT2D eigenvalue weighted by molar-refractivity contribution is 5.94. The van der Waals surface area contributed by atoms with Crippen LogP contribution < -0.4 is 10.1 Å². The van der Waals surface area contributed by atoms with Crippen molar-refractivity contribution in [2.75, 3.05) is 11.9 Å². The van der Waals surface area contributed by atoms with Crippen molar-refractivity contribution in [3.8, 4) is 5.75 Å². The number of carboxylic acids is 1. The molecule has 0 aliphatic heterocycles. The molecular formula is C19H18N2O3. The van der Waals surface area contributed by atoms with Gasteiger partial charge in [0.1, 0.15) is 5.75 Å². The number of nitrogens with zero attached hydrogens (tertiary/aromatic N) is 1. The van der Waals surface area contributed by atoms with Gasteiger partial charge in [0.25, 0.3) is 0 Å². The predicted octanol–water partition coefficient (Wildman–Crippen LogP) is 4.38. The number of hydrogen-bond acceptors (Lipinski definition) is 4. The van der Waals surface area contributed by atoms with E-state index in [1.165, 1.54) is 0 Å². The topological polar surface area (TPSA) is 71.5 Å². The molecule has 0 aliphatic carbocycles. The number of anilines is 2. The minimum Gasteiger partial charge on any atom is -0.494 e. The molecule has 0 radical (unpaired) electrons. The average Bonchev–Trinajstić information content (AvgIpc) is 2.56. The Bertz CT molecular complexity index is 889. The van der Waals surface area contributed by atoms with Crippen LogP contribution in [0.2, 0.25) is 0 Å². The number of carboxylic acid groups (broad SMARTS) is 1. The molecule has 0 fully saturated rings. The van der Waals surface area contributed by atoms with Crippen LogP contribution in [0.15, 0.2) is 48.5 Å². The Balaban J connectivity index is 2.00. The largest absolute Gasteiger partial charge is 0.494 e. The smallest absolute Gasteiger partial charge is 0.335 e. The van der Waals surface area contributed by atoms with Crippen molar-refractivity contribution in [1.82, 2.24) is 4.98 Å². The van der Waals surface area contributed by atoms with Crippen molar-refractivity contribution in [1.29, 1.82) is 0 Å². The zero-order valence-corrected chi connectivity index (χ0v) is 13.5. The standard InChI is InChI=1S/C19H18N2O3/c1-3-24-15-8-9-17-16(11-15)18(10-12(2)20-17)21-14-6-4-13(5-7-14)19(22)23/h4-11H,3H2,1-2H3,(H,20,21)(H,22,23). The fourth-order valence-electron chi connectivity index (χ4n) is 2.55. The molecule has 0 aliphatic rings. The third-order valence-electron chi connectivity index (χ3n) is 3.63. The summed E-state index contributed by atoms with van der Waals surface area (Å²) < 4.78 is 5.57. The Hall–Kier alpha value is -3.08. The number of aromatic nitrogens is 1. The number of ether oxygens (including phenoxy) is 1. The summed E-state index contributed by atoms with van der Waals surface area (Å²) in [6.07, 6.45) is 0. The lowest BCUT2D eigenvalue weighted by Gasteiger charge is -2.12. The molecule has 1 aromatic heterocycles. The molecule has 0 bridgehead atoms. The maximum Gasteiger partial charge on any atom is 0.335 e. The van der Waals surface area contributed by atoms with Gasteiger partial charge in [-0.1, -0.05) is 0 Å². The number of aryl methyl sites for hydroxylation is 1. The van der Waals surface area contributed by atoms with Gasteiger partial charge in [-0.05, 0) is 62.4 Å². The molecule has 0 unspecified atom stereocenters. The lowest BCUT2D eigenvalue weighted by atomic mass is 10.1. The summed E-state index contributed by atoms with van der Waals surface area (Å²) in [5.41, 5.74) is 3.75. The summed E-state index contributed by atoms with van der Waals surface area (Å²) in [5, 5.41) is 13.3. The molecule has 24 heavy (non-hydrogen) atoms. The number of carbonyl (C=O) groups is 1. The van der Waals surface area contributed by atoms with E-state index in [2.05, 4.69) is 10.3 Å². The molecule has 0 saturated carbocycles. The second-order valence-electron chi connectivity index (χ2n) is 5.43. The molecule has 122 valence electrons. The molecule has 0 saturated heterocycles. The first kappa shape index (κ1) is 15.8. The Labute approximate surface area is 139 Å². The molecule has 2 N–H and O–H groups in total. The van der Waals surface area contributed by atoms with Crippen molar-refractivity contribution < 1.29 is 14.6 Å². The van der Waals surface area contributed by atoms with E-state index in [0.29, 0.717) is 6.61 Å². The summed E-state index contributed by atoms with van der Waals surface area (Å²) in [7, 11) is 0. The molecule has 2 aromatic carbocycles. The van der Waals surface area contributed by atoms with Crippen LogP contribution in [0.3, 0.4) is 0 Å². The second-order valence-corrected chi connectivity index (χ2v) is 5.43. The van der Waals surface area contributed by atoms with Gasteiger partial charge in [0.15, 0.2) is 0 Å². The molecule has 0 atom stereocenters. The van der Waals surface area contributed by atoms with E-state index in [9.17, 15) is 4.79 Å². The van der Waals surface area contributed by atoms with Gasteiger partial charge >= 0.3 is 5.97 Å². The van der Waals surface area contributed by atoms with Gasteiger partial charge in [-0.15, -0.1) is 0 Å². The lowest BCUT2D eigenvalue weighted by Crippen LogP contribution is -1.98. The third kappa shape index (κ3) is 3.30. The van der Waals surface area contributed by atoms with Crippen molar-refractivity contribution >= 4 is 28.2 Å². The highest BCUT2D eigenvalue weighted by Gasteiger charge is 2.07. The van der Waals surface area contributed by atoms with E-state index in [0.717, 1.165) is 33.7 Å². The molecule has 1 heterocycles. The fourth-order valence-corrected chi connectivity index (χ4v) is 2.55. The third-order valence-corrected chi connectivity index (χ3v) is 3.63. The molecule has 5 nitrogen and oxygen atoms in total. The molecule has 0 spiro atoms. The minimum atomic E-state index is -0.937. The number of rotatable bonds is 5. The van der Waals surface area contributed by atoms with Gasteiger partial charge in [-0.3, -0.25) is 4.98 Å². The Kier molecular flexibility index (Phi) is 4.33. The average molecular weight is 322 g/mol. The van der Waals surface area contributed by atoms with Gasteiger partial charge in [-0.2, -0.15) is 0 Å². The molecule has 3 rings (SSSR count). The number of nitrogens with one attached hydrogen (secondary N) is 1. The van der Waals surface area contributed by atoms with Crippen molar-refractivity contribution in [2.24, 2.45) is 0 Å². The SMILES string of the molecule is CCOc1ccc2nc(C)cc(Nc3ccc(C(=O)O)cc3)c2c1. The Morgan fingerprint density at radius 1 is 1.17 bits per heavy atom. The fraction of sp³-hybridized carbons (Fsp3) is 0.158. The normalized spacial score (nSPS) is 10.6. The Morgan fingerprint density at radius 2 is 1.92 bits per heavy atom. The quantitative estimate of drug-likeness (QED) is 0.729. The van der Waals surface area contributed by atoms with Gasteiger partial charge in [0.05, 0.1) is 17.7 Å². The number of pyridine rings is 1. The van der Waals surface area contributed by atoms with Crippen LogP contribution in [-0.2, 0) is 0 Å². The zero-order chi connectivity index (χ0) is 17.1. The van der Waals surface area contributed by atoms with Gasteiger partial charge in [0.2, 0.25) is 0 Å². The van der Waals surface area contributed by atoms with E-state index in [-0.39, 0.29) is 5.56 Å². The molecule has 5 heteroatoms. The Morgan fingerprint density at radius 3 is 2.58 bits per heavy atom. The lowest BCUT2D eigenvalue weighted by molar-refractivity contribution is 0.0697. The van der Waals surface area contributed by atoms with Crippen LogP contribution in [0.5, 0.6) is 5.75 Å². The zero-order valence-electron chi connectivity index (χ0n) is 13.5. The number of fused-ring (bicyclic) bond motifs is 1. The van der Waals surface area contributed by atoms with Crippen molar-refractivity contribution in [3.63, 3.8) is 0 Å². The van der Waals surface area contributed by atoms with Gasteiger partial charge in [-0.25, -0.2) is 4.79 Å². The number of aromatic carboxylic acids is 1. The second kappa shape index (κ2) is 6.58. The highest BCUT2D eigenvalue weighted by atomic mass is 16.5. The minimum absolute atomic E-state index is 0.259. The first-order valence-corrected chi connectivity index (χ1v) is 7.71. The van der Waals surface area contributed by atoms with Gasteiger partial charge < -0.3 is 15.2 Å². The summed E-state index contributed by atoms with van der Waals surface area (Å²) in [4.78, 5) is 15.5.